The van der Waals surface area contributed by atoms with Crippen molar-refractivity contribution < 1.29 is 4.79 Å². The highest BCUT2D eigenvalue weighted by Gasteiger charge is 2.51. The molecule has 2 aliphatic heterocycles. The van der Waals surface area contributed by atoms with E-state index in [2.05, 4.69) is 56.3 Å². The van der Waals surface area contributed by atoms with Gasteiger partial charge >= 0.3 is 0 Å². The molecule has 168 valence electrons. The van der Waals surface area contributed by atoms with E-state index in [1.54, 1.807) is 0 Å². The van der Waals surface area contributed by atoms with Crippen LogP contribution in [-0.2, 0) is 4.79 Å². The van der Waals surface area contributed by atoms with Gasteiger partial charge in [-0.15, -0.1) is 11.8 Å². The zero-order chi connectivity index (χ0) is 22.2. The fourth-order valence-corrected chi connectivity index (χ4v) is 6.37. The first-order chi connectivity index (χ1) is 13.7. The van der Waals surface area contributed by atoms with Crippen molar-refractivity contribution in [3.05, 3.63) is 22.6 Å². The standard InChI is InChI=1S/C21H34N2OS.2C2H6/c1-6-22-8-7-15(2)18-9-16(12-25-18)19(24)23-14-21(5)11-17(23)10-20(3,4)13-21;2*1-2/h7,12,17-18,22H,6,8-11,13-14H2,1-5H3;2*1-2H3/b15-7+;;. The number of nitrogens with one attached hydrogen (secondary N) is 1. The molecule has 0 spiro atoms. The monoisotopic (exact) mass is 422 g/mol. The molecule has 1 aliphatic carbocycles. The van der Waals surface area contributed by atoms with Crippen LogP contribution in [0.25, 0.3) is 0 Å². The van der Waals surface area contributed by atoms with Crippen LogP contribution in [0.5, 0.6) is 0 Å². The molecule has 0 aromatic heterocycles. The van der Waals surface area contributed by atoms with Crippen LogP contribution in [0.2, 0.25) is 0 Å². The Balaban J connectivity index is 0.000000989. The summed E-state index contributed by atoms with van der Waals surface area (Å²) in [6.45, 7) is 22.3. The molecule has 29 heavy (non-hydrogen) atoms. The van der Waals surface area contributed by atoms with Crippen molar-refractivity contribution in [2.24, 2.45) is 10.8 Å². The van der Waals surface area contributed by atoms with Crippen LogP contribution in [0, 0.1) is 10.8 Å². The fraction of sp³-hybridized carbons (Fsp3) is 0.800. The number of hydrogen-bond acceptors (Lipinski definition) is 3. The van der Waals surface area contributed by atoms with Gasteiger partial charge in [-0.1, -0.05) is 67.0 Å². The molecule has 3 aliphatic rings. The first-order valence-corrected chi connectivity index (χ1v) is 12.7. The van der Waals surface area contributed by atoms with E-state index >= 15 is 0 Å². The van der Waals surface area contributed by atoms with Gasteiger partial charge in [0, 0.05) is 30.0 Å². The molecule has 1 amide bonds. The predicted octanol–water partition coefficient (Wildman–Crippen LogP) is 6.41. The quantitative estimate of drug-likeness (QED) is 0.410. The highest BCUT2D eigenvalue weighted by Crippen LogP contribution is 2.53. The lowest BCUT2D eigenvalue weighted by Crippen LogP contribution is -2.38. The maximum Gasteiger partial charge on any atom is 0.250 e. The molecule has 1 saturated carbocycles. The number of amides is 1. The Hall–Kier alpha value is -0.740. The summed E-state index contributed by atoms with van der Waals surface area (Å²) in [5.74, 6) is 0.306. The van der Waals surface area contributed by atoms with Crippen molar-refractivity contribution in [3.8, 4) is 0 Å². The molecule has 0 radical (unpaired) electrons. The van der Waals surface area contributed by atoms with Gasteiger partial charge in [-0.2, -0.15) is 0 Å². The van der Waals surface area contributed by atoms with Gasteiger partial charge in [-0.3, -0.25) is 4.79 Å². The van der Waals surface area contributed by atoms with E-state index in [9.17, 15) is 4.79 Å². The van der Waals surface area contributed by atoms with E-state index < -0.39 is 0 Å². The summed E-state index contributed by atoms with van der Waals surface area (Å²) in [5.41, 5.74) is 3.09. The largest absolute Gasteiger partial charge is 0.335 e. The number of carbonyl (C=O) groups excluding carboxylic acids is 1. The molecule has 2 heterocycles. The van der Waals surface area contributed by atoms with E-state index in [0.717, 1.165) is 38.0 Å². The van der Waals surface area contributed by atoms with Gasteiger partial charge in [0.05, 0.1) is 0 Å². The summed E-state index contributed by atoms with van der Waals surface area (Å²) < 4.78 is 0. The summed E-state index contributed by atoms with van der Waals surface area (Å²) in [6, 6.07) is 0.441. The first-order valence-electron chi connectivity index (χ1n) is 11.8. The number of rotatable bonds is 5. The Bertz CT molecular complexity index is 596. The molecule has 3 atom stereocenters. The Kier molecular flexibility index (Phi) is 10.5. The molecule has 3 rings (SSSR count). The minimum atomic E-state index is 0.306. The number of thioether (sulfide) groups is 1. The van der Waals surface area contributed by atoms with E-state index in [1.807, 2.05) is 39.5 Å². The van der Waals surface area contributed by atoms with E-state index in [1.165, 1.54) is 18.4 Å². The number of likely N-dealkylation sites (N-methyl/N-ethyl adjacent to an activating group) is 1. The third-order valence-corrected chi connectivity index (χ3v) is 7.34. The first kappa shape index (κ1) is 26.3. The van der Waals surface area contributed by atoms with Crippen molar-refractivity contribution in [3.63, 3.8) is 0 Å². The van der Waals surface area contributed by atoms with Crippen molar-refractivity contribution in [2.75, 3.05) is 19.6 Å². The molecule has 2 bridgehead atoms. The lowest BCUT2D eigenvalue weighted by Gasteiger charge is -2.39. The smallest absolute Gasteiger partial charge is 0.250 e. The molecule has 1 saturated heterocycles. The Labute approximate surface area is 185 Å². The second-order valence-electron chi connectivity index (χ2n) is 9.37. The minimum absolute atomic E-state index is 0.306. The zero-order valence-corrected chi connectivity index (χ0v) is 21.3. The maximum atomic E-state index is 13.2. The zero-order valence-electron chi connectivity index (χ0n) is 20.5. The number of likely N-dealkylation sites (tertiary alicyclic amines) is 1. The molecule has 0 aromatic rings. The van der Waals surface area contributed by atoms with Crippen LogP contribution in [0.3, 0.4) is 0 Å². The third kappa shape index (κ3) is 6.89. The van der Waals surface area contributed by atoms with Crippen molar-refractivity contribution in [1.29, 1.82) is 0 Å². The van der Waals surface area contributed by atoms with Crippen molar-refractivity contribution >= 4 is 17.7 Å². The molecule has 3 nitrogen and oxygen atoms in total. The lowest BCUT2D eigenvalue weighted by molar-refractivity contribution is -0.128. The van der Waals surface area contributed by atoms with Crippen LogP contribution >= 0.6 is 11.8 Å². The van der Waals surface area contributed by atoms with Crippen LogP contribution in [0.4, 0.5) is 0 Å². The second-order valence-corrected chi connectivity index (χ2v) is 10.5. The van der Waals surface area contributed by atoms with Gasteiger partial charge in [0.25, 0.3) is 5.91 Å². The molecular weight excluding hydrogens is 376 g/mol. The van der Waals surface area contributed by atoms with Gasteiger partial charge in [-0.05, 0) is 55.4 Å². The summed E-state index contributed by atoms with van der Waals surface area (Å²) in [5, 5.41) is 5.91. The Morgan fingerprint density at radius 2 is 1.90 bits per heavy atom. The summed E-state index contributed by atoms with van der Waals surface area (Å²) in [4.78, 5) is 15.4. The summed E-state index contributed by atoms with van der Waals surface area (Å²) in [6.07, 6.45) is 6.74. The Morgan fingerprint density at radius 1 is 1.24 bits per heavy atom. The highest BCUT2D eigenvalue weighted by molar-refractivity contribution is 8.03. The molecule has 1 N–H and O–H groups in total. The second kappa shape index (κ2) is 11.6. The molecule has 2 fully saturated rings. The van der Waals surface area contributed by atoms with Gasteiger partial charge in [0.15, 0.2) is 0 Å². The minimum Gasteiger partial charge on any atom is -0.335 e. The molecular formula is C25H46N2OS. The van der Waals surface area contributed by atoms with E-state index in [-0.39, 0.29) is 0 Å². The number of nitrogens with zero attached hydrogens (tertiary/aromatic N) is 1. The average Bonchev–Trinajstić information content (AvgIpc) is 3.26. The fourth-order valence-electron chi connectivity index (χ4n) is 5.26. The van der Waals surface area contributed by atoms with Crippen LogP contribution in [-0.4, -0.2) is 41.7 Å². The number of hydrogen-bond donors (Lipinski definition) is 1. The van der Waals surface area contributed by atoms with Crippen LogP contribution < -0.4 is 5.32 Å². The highest BCUT2D eigenvalue weighted by atomic mass is 32.2. The normalized spacial score (nSPS) is 30.0. The molecule has 0 aromatic carbocycles. The SMILES string of the molecule is CC.CC.CCNC/C=C(\C)C1CC(C(=O)N2CC3(C)CC2CC(C)(C)C3)=CS1. The topological polar surface area (TPSA) is 32.3 Å². The average molecular weight is 423 g/mol. The van der Waals surface area contributed by atoms with E-state index in [4.69, 9.17) is 0 Å². The molecule has 4 heteroatoms. The predicted molar refractivity (Wildman–Crippen MR) is 130 cm³/mol. The van der Waals surface area contributed by atoms with Gasteiger partial charge < -0.3 is 10.2 Å². The van der Waals surface area contributed by atoms with Gasteiger partial charge in [0.2, 0.25) is 0 Å². The maximum absolute atomic E-state index is 13.2. The van der Waals surface area contributed by atoms with Crippen LogP contribution in [0.1, 0.15) is 88.0 Å². The van der Waals surface area contributed by atoms with Crippen molar-refractivity contribution in [2.45, 2.75) is 99.3 Å². The van der Waals surface area contributed by atoms with Crippen molar-refractivity contribution in [1.82, 2.24) is 10.2 Å². The Morgan fingerprint density at radius 3 is 2.52 bits per heavy atom. The van der Waals surface area contributed by atoms with Crippen LogP contribution in [0.15, 0.2) is 22.6 Å². The van der Waals surface area contributed by atoms with Gasteiger partial charge in [0.1, 0.15) is 0 Å². The lowest BCUT2D eigenvalue weighted by atomic mass is 9.65. The summed E-state index contributed by atoms with van der Waals surface area (Å²) >= 11 is 1.82. The number of fused-ring (bicyclic) bond motifs is 2. The van der Waals surface area contributed by atoms with Gasteiger partial charge in [-0.25, -0.2) is 0 Å². The molecule has 3 unspecified atom stereocenters. The third-order valence-electron chi connectivity index (χ3n) is 6.06. The van der Waals surface area contributed by atoms with E-state index in [0.29, 0.717) is 28.0 Å². The summed E-state index contributed by atoms with van der Waals surface area (Å²) in [7, 11) is 0. The number of carbonyl (C=O) groups is 1.